The lowest BCUT2D eigenvalue weighted by atomic mass is 9.89. The number of anilines is 1. The summed E-state index contributed by atoms with van der Waals surface area (Å²) in [5, 5.41) is 10.9. The van der Waals surface area contributed by atoms with E-state index in [0.29, 0.717) is 12.1 Å². The van der Waals surface area contributed by atoms with Gasteiger partial charge in [0.2, 0.25) is 0 Å². The first-order chi connectivity index (χ1) is 10.9. The van der Waals surface area contributed by atoms with E-state index in [0.717, 1.165) is 30.5 Å². The maximum absolute atomic E-state index is 12.8. The van der Waals surface area contributed by atoms with Crippen LogP contribution in [0, 0.1) is 6.92 Å². The zero-order valence-corrected chi connectivity index (χ0v) is 14.4. The first kappa shape index (κ1) is 17.7. The van der Waals surface area contributed by atoms with Gasteiger partial charge in [-0.25, -0.2) is 0 Å². The summed E-state index contributed by atoms with van der Waals surface area (Å²) in [6.07, 6.45) is 5.38. The van der Waals surface area contributed by atoms with E-state index in [2.05, 4.69) is 6.92 Å². The van der Waals surface area contributed by atoms with E-state index in [1.54, 1.807) is 11.0 Å². The van der Waals surface area contributed by atoms with Crippen LogP contribution in [0.25, 0.3) is 0 Å². The molecule has 1 aliphatic heterocycles. The highest BCUT2D eigenvalue weighted by atomic mass is 16.3. The Labute approximate surface area is 138 Å². The van der Waals surface area contributed by atoms with Crippen molar-refractivity contribution < 1.29 is 14.7 Å². The second-order valence-electron chi connectivity index (χ2n) is 6.58. The van der Waals surface area contributed by atoms with Crippen molar-refractivity contribution in [2.45, 2.75) is 64.9 Å². The van der Waals surface area contributed by atoms with Crippen LogP contribution in [0.5, 0.6) is 0 Å². The predicted molar refractivity (Wildman–Crippen MR) is 91.5 cm³/mol. The first-order valence-corrected chi connectivity index (χ1v) is 8.55. The molecule has 1 heterocycles. The molecule has 1 N–H and O–H groups in total. The highest BCUT2D eigenvalue weighted by Gasteiger charge is 2.50. The molecular formula is C19H27NO3. The van der Waals surface area contributed by atoms with Crippen LogP contribution < -0.4 is 4.90 Å². The summed E-state index contributed by atoms with van der Waals surface area (Å²) < 4.78 is 0. The highest BCUT2D eigenvalue weighted by molar-refractivity contribution is 6.09. The lowest BCUT2D eigenvalue weighted by Gasteiger charge is -2.22. The van der Waals surface area contributed by atoms with Crippen molar-refractivity contribution in [3.8, 4) is 0 Å². The average molecular weight is 317 g/mol. The fourth-order valence-corrected chi connectivity index (χ4v) is 3.41. The minimum atomic E-state index is -1.70. The van der Waals surface area contributed by atoms with E-state index >= 15 is 0 Å². The molecule has 0 saturated carbocycles. The summed E-state index contributed by atoms with van der Waals surface area (Å²) in [5.74, 6) is -0.536. The number of carbonyl (C=O) groups is 2. The molecule has 2 rings (SSSR count). The zero-order valence-electron chi connectivity index (χ0n) is 14.4. The van der Waals surface area contributed by atoms with Crippen molar-refractivity contribution in [3.63, 3.8) is 0 Å². The molecule has 126 valence electrons. The quantitative estimate of drug-likeness (QED) is 0.747. The van der Waals surface area contributed by atoms with E-state index in [1.807, 2.05) is 19.1 Å². The smallest absolute Gasteiger partial charge is 0.264 e. The van der Waals surface area contributed by atoms with E-state index in [4.69, 9.17) is 0 Å². The topological polar surface area (TPSA) is 57.6 Å². The Hall–Kier alpha value is -1.68. The molecule has 1 atom stereocenters. The van der Waals surface area contributed by atoms with Crippen LogP contribution in [0.2, 0.25) is 0 Å². The molecule has 4 heteroatoms. The zero-order chi connectivity index (χ0) is 17.0. The van der Waals surface area contributed by atoms with Gasteiger partial charge >= 0.3 is 0 Å². The Kier molecular flexibility index (Phi) is 5.58. The molecule has 0 aromatic heterocycles. The van der Waals surface area contributed by atoms with E-state index in [9.17, 15) is 14.7 Å². The number of rotatable bonds is 8. The minimum absolute atomic E-state index is 0.158. The summed E-state index contributed by atoms with van der Waals surface area (Å²) >= 11 is 0. The van der Waals surface area contributed by atoms with Gasteiger partial charge in [-0.05, 0) is 25.8 Å². The number of aliphatic hydroxyl groups is 1. The highest BCUT2D eigenvalue weighted by Crippen LogP contribution is 2.44. The minimum Gasteiger partial charge on any atom is -0.375 e. The number of ketones is 1. The SMILES string of the molecule is CCCCCCCN1C(=O)C(O)(CC(C)=O)c2cccc(C)c21. The monoisotopic (exact) mass is 317 g/mol. The number of hydrogen-bond donors (Lipinski definition) is 1. The molecule has 0 radical (unpaired) electrons. The van der Waals surface area contributed by atoms with Crippen LogP contribution in [0.1, 0.15) is 63.5 Å². The number of Topliss-reactive ketones (excluding diaryl/α,β-unsaturated/α-hetero) is 1. The van der Waals surface area contributed by atoms with Gasteiger partial charge in [-0.3, -0.25) is 9.59 Å². The molecule has 1 aliphatic rings. The maximum Gasteiger partial charge on any atom is 0.264 e. The van der Waals surface area contributed by atoms with Gasteiger partial charge in [0, 0.05) is 18.5 Å². The van der Waals surface area contributed by atoms with Gasteiger partial charge in [0.05, 0.1) is 5.69 Å². The predicted octanol–water partition coefficient (Wildman–Crippen LogP) is 3.48. The lowest BCUT2D eigenvalue weighted by molar-refractivity contribution is -0.141. The number of para-hydroxylation sites is 1. The maximum atomic E-state index is 12.8. The average Bonchev–Trinajstić information content (AvgIpc) is 2.69. The fourth-order valence-electron chi connectivity index (χ4n) is 3.41. The molecule has 0 saturated heterocycles. The van der Waals surface area contributed by atoms with E-state index in [1.165, 1.54) is 19.8 Å². The molecule has 4 nitrogen and oxygen atoms in total. The van der Waals surface area contributed by atoms with Crippen LogP contribution in [-0.2, 0) is 15.2 Å². The van der Waals surface area contributed by atoms with Gasteiger partial charge in [-0.15, -0.1) is 0 Å². The number of fused-ring (bicyclic) bond motifs is 1. The van der Waals surface area contributed by atoms with Gasteiger partial charge in [0.1, 0.15) is 5.78 Å². The Morgan fingerprint density at radius 1 is 1.22 bits per heavy atom. The molecule has 0 aliphatic carbocycles. The lowest BCUT2D eigenvalue weighted by Crippen LogP contribution is -2.42. The van der Waals surface area contributed by atoms with Crippen LogP contribution in [-0.4, -0.2) is 23.3 Å². The van der Waals surface area contributed by atoms with Crippen LogP contribution in [0.3, 0.4) is 0 Å². The molecule has 0 spiro atoms. The Bertz CT molecular complexity index is 596. The third-order valence-electron chi connectivity index (χ3n) is 4.54. The summed E-state index contributed by atoms with van der Waals surface area (Å²) in [6, 6.07) is 5.53. The summed E-state index contributed by atoms with van der Waals surface area (Å²) in [5.41, 5.74) is 0.628. The number of hydrogen-bond acceptors (Lipinski definition) is 3. The van der Waals surface area contributed by atoms with Crippen LogP contribution in [0.4, 0.5) is 5.69 Å². The van der Waals surface area contributed by atoms with Gasteiger partial charge in [0.25, 0.3) is 5.91 Å². The van der Waals surface area contributed by atoms with Gasteiger partial charge in [-0.1, -0.05) is 50.8 Å². The fraction of sp³-hybridized carbons (Fsp3) is 0.579. The van der Waals surface area contributed by atoms with E-state index < -0.39 is 5.60 Å². The Morgan fingerprint density at radius 2 is 1.91 bits per heavy atom. The molecule has 1 aromatic carbocycles. The summed E-state index contributed by atoms with van der Waals surface area (Å²) in [4.78, 5) is 26.0. The van der Waals surface area contributed by atoms with E-state index in [-0.39, 0.29) is 18.1 Å². The van der Waals surface area contributed by atoms with Crippen molar-refractivity contribution >= 4 is 17.4 Å². The van der Waals surface area contributed by atoms with Crippen molar-refractivity contribution in [1.29, 1.82) is 0 Å². The number of benzene rings is 1. The van der Waals surface area contributed by atoms with Gasteiger partial charge in [0.15, 0.2) is 5.60 Å². The summed E-state index contributed by atoms with van der Waals surface area (Å²) in [7, 11) is 0. The second kappa shape index (κ2) is 7.26. The number of aryl methyl sites for hydroxylation is 1. The molecular weight excluding hydrogens is 290 g/mol. The van der Waals surface area contributed by atoms with Gasteiger partial charge < -0.3 is 10.0 Å². The van der Waals surface area contributed by atoms with Crippen molar-refractivity contribution in [2.75, 3.05) is 11.4 Å². The molecule has 0 bridgehead atoms. The molecule has 1 unspecified atom stereocenters. The third-order valence-corrected chi connectivity index (χ3v) is 4.54. The van der Waals surface area contributed by atoms with Crippen LogP contribution >= 0.6 is 0 Å². The number of unbranched alkanes of at least 4 members (excludes halogenated alkanes) is 4. The van der Waals surface area contributed by atoms with Crippen molar-refractivity contribution in [1.82, 2.24) is 0 Å². The molecule has 23 heavy (non-hydrogen) atoms. The van der Waals surface area contributed by atoms with Gasteiger partial charge in [-0.2, -0.15) is 0 Å². The van der Waals surface area contributed by atoms with Crippen molar-refractivity contribution in [3.05, 3.63) is 29.3 Å². The largest absolute Gasteiger partial charge is 0.375 e. The standard InChI is InChI=1S/C19H27NO3/c1-4-5-6-7-8-12-20-17-14(2)10-9-11-16(17)19(23,18(20)22)13-15(3)21/h9-11,23H,4-8,12-13H2,1-3H3. The first-order valence-electron chi connectivity index (χ1n) is 8.55. The Balaban J connectivity index is 2.24. The third kappa shape index (κ3) is 3.47. The van der Waals surface area contributed by atoms with Crippen LogP contribution in [0.15, 0.2) is 18.2 Å². The number of carbonyl (C=O) groups excluding carboxylic acids is 2. The van der Waals surface area contributed by atoms with Crippen molar-refractivity contribution in [2.24, 2.45) is 0 Å². The summed E-state index contributed by atoms with van der Waals surface area (Å²) in [6.45, 7) is 6.12. The number of amides is 1. The molecule has 0 fully saturated rings. The normalized spacial score (nSPS) is 20.0. The number of nitrogens with zero attached hydrogens (tertiary/aromatic N) is 1. The molecule has 1 amide bonds. The molecule has 1 aromatic rings. The Morgan fingerprint density at radius 3 is 2.57 bits per heavy atom. The second-order valence-corrected chi connectivity index (χ2v) is 6.58.